The maximum atomic E-state index is 9.05. The summed E-state index contributed by atoms with van der Waals surface area (Å²) in [5.41, 5.74) is 0. The highest BCUT2D eigenvalue weighted by Crippen LogP contribution is 2.10. The predicted molar refractivity (Wildman–Crippen MR) is 77.2 cm³/mol. The number of ether oxygens (including phenoxy) is 1. The zero-order valence-electron chi connectivity index (χ0n) is 12.2. The first kappa shape index (κ1) is 18.8. The van der Waals surface area contributed by atoms with Gasteiger partial charge in [-0.1, -0.05) is 51.4 Å². The third-order valence-corrected chi connectivity index (χ3v) is 3.22. The van der Waals surface area contributed by atoms with Gasteiger partial charge in [-0.2, -0.15) is 0 Å². The van der Waals surface area contributed by atoms with Gasteiger partial charge in [0, 0.05) is 13.2 Å². The topological polar surface area (TPSA) is 69.9 Å². The van der Waals surface area contributed by atoms with Crippen molar-refractivity contribution in [1.29, 1.82) is 0 Å². The molecular weight excluding hydrogens is 244 g/mol. The van der Waals surface area contributed by atoms with Crippen molar-refractivity contribution >= 4 is 0 Å². The van der Waals surface area contributed by atoms with E-state index in [-0.39, 0.29) is 13.2 Å². The molecule has 0 amide bonds. The molecule has 0 aromatic rings. The number of aliphatic hydroxyl groups is 3. The van der Waals surface area contributed by atoms with E-state index in [4.69, 9.17) is 20.1 Å². The maximum Gasteiger partial charge on any atom is 0.100 e. The van der Waals surface area contributed by atoms with Gasteiger partial charge in [0.05, 0.1) is 13.2 Å². The summed E-state index contributed by atoms with van der Waals surface area (Å²) < 4.78 is 5.24. The van der Waals surface area contributed by atoms with E-state index >= 15 is 0 Å². The molecule has 0 spiro atoms. The van der Waals surface area contributed by atoms with Gasteiger partial charge in [0.1, 0.15) is 6.10 Å². The minimum Gasteiger partial charge on any atom is -0.396 e. The van der Waals surface area contributed by atoms with Gasteiger partial charge >= 0.3 is 0 Å². The van der Waals surface area contributed by atoms with E-state index in [0.29, 0.717) is 13.2 Å². The van der Waals surface area contributed by atoms with E-state index < -0.39 is 6.10 Å². The molecule has 0 bridgehead atoms. The second kappa shape index (κ2) is 15.9. The molecule has 116 valence electrons. The van der Waals surface area contributed by atoms with E-state index in [9.17, 15) is 0 Å². The van der Waals surface area contributed by atoms with Gasteiger partial charge in [-0.25, -0.2) is 0 Å². The Morgan fingerprint density at radius 3 is 1.63 bits per heavy atom. The summed E-state index contributed by atoms with van der Waals surface area (Å²) >= 11 is 0. The zero-order chi connectivity index (χ0) is 14.2. The highest BCUT2D eigenvalue weighted by molar-refractivity contribution is 4.50. The van der Waals surface area contributed by atoms with Crippen molar-refractivity contribution in [3.63, 3.8) is 0 Å². The van der Waals surface area contributed by atoms with Crippen molar-refractivity contribution < 1.29 is 20.1 Å². The summed E-state index contributed by atoms with van der Waals surface area (Å²) in [4.78, 5) is 0. The number of hydrogen-bond donors (Lipinski definition) is 3. The first-order chi connectivity index (χ1) is 9.31. The molecular formula is C15H32O4. The molecule has 4 heteroatoms. The molecule has 0 aliphatic heterocycles. The average Bonchev–Trinajstić information content (AvgIpc) is 2.43. The van der Waals surface area contributed by atoms with Crippen LogP contribution in [0.15, 0.2) is 0 Å². The molecule has 0 heterocycles. The third kappa shape index (κ3) is 15.8. The lowest BCUT2D eigenvalue weighted by molar-refractivity contribution is 0.00526. The van der Waals surface area contributed by atoms with Crippen molar-refractivity contribution in [2.45, 2.75) is 70.3 Å². The molecule has 0 aliphatic rings. The van der Waals surface area contributed by atoms with Gasteiger partial charge in [0.15, 0.2) is 0 Å². The number of aliphatic hydroxyl groups excluding tert-OH is 3. The Morgan fingerprint density at radius 1 is 0.684 bits per heavy atom. The fraction of sp³-hybridized carbons (Fsp3) is 1.00. The summed E-state index contributed by atoms with van der Waals surface area (Å²) in [6, 6.07) is 0. The minimum absolute atomic E-state index is 0.224. The van der Waals surface area contributed by atoms with Crippen LogP contribution in [0.3, 0.4) is 0 Å². The van der Waals surface area contributed by atoms with Gasteiger partial charge in [0.2, 0.25) is 0 Å². The van der Waals surface area contributed by atoms with Crippen molar-refractivity contribution in [2.75, 3.05) is 26.4 Å². The predicted octanol–water partition coefficient (Wildman–Crippen LogP) is 2.25. The fourth-order valence-corrected chi connectivity index (χ4v) is 2.00. The van der Waals surface area contributed by atoms with Crippen LogP contribution in [-0.2, 0) is 4.74 Å². The largest absolute Gasteiger partial charge is 0.396 e. The SMILES string of the molecule is OCCCCCCCCCCCCOC[C@@H](O)CO. The molecule has 0 saturated heterocycles. The Kier molecular flexibility index (Phi) is 15.8. The van der Waals surface area contributed by atoms with Crippen LogP contribution in [0.2, 0.25) is 0 Å². The highest BCUT2D eigenvalue weighted by atomic mass is 16.5. The van der Waals surface area contributed by atoms with Crippen LogP contribution in [0.5, 0.6) is 0 Å². The van der Waals surface area contributed by atoms with Crippen molar-refractivity contribution in [1.82, 2.24) is 0 Å². The van der Waals surface area contributed by atoms with Gasteiger partial charge in [-0.05, 0) is 12.8 Å². The van der Waals surface area contributed by atoms with Crippen LogP contribution >= 0.6 is 0 Å². The molecule has 0 aromatic carbocycles. The molecule has 0 aromatic heterocycles. The summed E-state index contributed by atoms with van der Waals surface area (Å²) in [5.74, 6) is 0. The van der Waals surface area contributed by atoms with Crippen LogP contribution in [0.1, 0.15) is 64.2 Å². The Labute approximate surface area is 117 Å². The normalized spacial score (nSPS) is 12.8. The molecule has 3 N–H and O–H groups in total. The first-order valence-corrected chi connectivity index (χ1v) is 7.78. The number of unbranched alkanes of at least 4 members (excludes halogenated alkanes) is 9. The minimum atomic E-state index is -0.731. The first-order valence-electron chi connectivity index (χ1n) is 7.78. The lowest BCUT2D eigenvalue weighted by Crippen LogP contribution is -2.19. The molecule has 0 fully saturated rings. The average molecular weight is 276 g/mol. The van der Waals surface area contributed by atoms with Crippen LogP contribution in [0.25, 0.3) is 0 Å². The molecule has 19 heavy (non-hydrogen) atoms. The summed E-state index contributed by atoms with van der Waals surface area (Å²) in [6.07, 6.45) is 11.3. The second-order valence-electron chi connectivity index (χ2n) is 5.17. The van der Waals surface area contributed by atoms with Gasteiger partial charge in [-0.3, -0.25) is 0 Å². The fourth-order valence-electron chi connectivity index (χ4n) is 2.00. The highest BCUT2D eigenvalue weighted by Gasteiger charge is 2.00. The van der Waals surface area contributed by atoms with Crippen molar-refractivity contribution in [2.24, 2.45) is 0 Å². The molecule has 0 unspecified atom stereocenters. The molecule has 1 atom stereocenters. The second-order valence-corrected chi connectivity index (χ2v) is 5.17. The van der Waals surface area contributed by atoms with E-state index in [1.54, 1.807) is 0 Å². The standard InChI is InChI=1S/C15H32O4/c16-11-9-7-5-3-1-2-4-6-8-10-12-19-14-15(18)13-17/h15-18H,1-14H2/t15-/m0/s1. The quantitative estimate of drug-likeness (QED) is 0.401. The molecule has 0 saturated carbocycles. The van der Waals surface area contributed by atoms with Crippen LogP contribution in [0, 0.1) is 0 Å². The number of rotatable bonds is 15. The van der Waals surface area contributed by atoms with Crippen LogP contribution in [-0.4, -0.2) is 47.9 Å². The maximum absolute atomic E-state index is 9.05. The van der Waals surface area contributed by atoms with E-state index in [1.807, 2.05) is 0 Å². The summed E-state index contributed by atoms with van der Waals surface area (Å²) in [7, 11) is 0. The number of hydrogen-bond acceptors (Lipinski definition) is 4. The zero-order valence-corrected chi connectivity index (χ0v) is 12.2. The third-order valence-electron chi connectivity index (χ3n) is 3.22. The van der Waals surface area contributed by atoms with E-state index in [1.165, 1.54) is 44.9 Å². The van der Waals surface area contributed by atoms with Gasteiger partial charge in [0.25, 0.3) is 0 Å². The van der Waals surface area contributed by atoms with Crippen molar-refractivity contribution in [3.8, 4) is 0 Å². The summed E-state index contributed by atoms with van der Waals surface area (Å²) in [5, 5.41) is 26.3. The monoisotopic (exact) mass is 276 g/mol. The van der Waals surface area contributed by atoms with E-state index in [2.05, 4.69) is 0 Å². The Hall–Kier alpha value is -0.160. The van der Waals surface area contributed by atoms with Crippen LogP contribution in [0.4, 0.5) is 0 Å². The Bertz CT molecular complexity index is 164. The summed E-state index contributed by atoms with van der Waals surface area (Å²) in [6.45, 7) is 1.03. The lowest BCUT2D eigenvalue weighted by Gasteiger charge is -2.07. The molecule has 0 aliphatic carbocycles. The smallest absolute Gasteiger partial charge is 0.100 e. The van der Waals surface area contributed by atoms with Crippen LogP contribution < -0.4 is 0 Å². The van der Waals surface area contributed by atoms with Crippen molar-refractivity contribution in [3.05, 3.63) is 0 Å². The van der Waals surface area contributed by atoms with Gasteiger partial charge < -0.3 is 20.1 Å². The molecule has 4 nitrogen and oxygen atoms in total. The van der Waals surface area contributed by atoms with E-state index in [0.717, 1.165) is 19.3 Å². The van der Waals surface area contributed by atoms with Gasteiger partial charge in [-0.15, -0.1) is 0 Å². The molecule has 0 rings (SSSR count). The lowest BCUT2D eigenvalue weighted by atomic mass is 10.1. The molecule has 0 radical (unpaired) electrons. The Balaban J connectivity index is 2.95. The Morgan fingerprint density at radius 2 is 1.16 bits per heavy atom.